The van der Waals surface area contributed by atoms with Crippen LogP contribution in [0.2, 0.25) is 10.0 Å². The molecule has 1 fully saturated rings. The maximum atomic E-state index is 13.4. The van der Waals surface area contributed by atoms with Crippen molar-refractivity contribution in [3.63, 3.8) is 0 Å². The molecule has 2 nitrogen and oxygen atoms in total. The van der Waals surface area contributed by atoms with Gasteiger partial charge in [-0.05, 0) is 30.0 Å². The summed E-state index contributed by atoms with van der Waals surface area (Å²) >= 11 is 12.4. The zero-order valence-electron chi connectivity index (χ0n) is 12.5. The lowest BCUT2D eigenvalue weighted by Gasteiger charge is -2.38. The zero-order valence-corrected chi connectivity index (χ0v) is 14.0. The van der Waals surface area contributed by atoms with E-state index in [9.17, 15) is 9.90 Å². The molecule has 0 bridgehead atoms. The Morgan fingerprint density at radius 2 is 1.83 bits per heavy atom. The van der Waals surface area contributed by atoms with Crippen LogP contribution < -0.4 is 0 Å². The summed E-state index contributed by atoms with van der Waals surface area (Å²) in [6.07, 6.45) is 3.82. The van der Waals surface area contributed by atoms with Crippen molar-refractivity contribution in [3.05, 3.63) is 63.1 Å². The highest BCUT2D eigenvalue weighted by Crippen LogP contribution is 2.59. The molecular weight excluding hydrogens is 331 g/mol. The number of hydrogen-bond acceptors (Lipinski definition) is 2. The molecule has 23 heavy (non-hydrogen) atoms. The molecule has 2 aromatic carbocycles. The van der Waals surface area contributed by atoms with Crippen LogP contribution in [0, 0.1) is 0 Å². The van der Waals surface area contributed by atoms with E-state index >= 15 is 0 Å². The van der Waals surface area contributed by atoms with Gasteiger partial charge in [0.25, 0.3) is 0 Å². The normalized spacial score (nSPS) is 26.0. The number of rotatable bonds is 1. The molecule has 0 heterocycles. The van der Waals surface area contributed by atoms with Crippen LogP contribution >= 0.6 is 23.2 Å². The number of benzene rings is 2. The molecule has 4 rings (SSSR count). The first-order valence-electron chi connectivity index (χ1n) is 7.88. The van der Waals surface area contributed by atoms with Crippen LogP contribution in [-0.2, 0) is 5.41 Å². The Balaban J connectivity index is 2.01. The van der Waals surface area contributed by atoms with E-state index in [1.165, 1.54) is 0 Å². The standard InChI is InChI=1S/C19H16Cl2O2/c20-16-14(22)10-12-13-8-4-5-9-19(13,11-6-2-1-3-7-11)18(23)15(12)17(16)21/h1-3,6-7,10,13,22H,4-5,8-9H2/t13-,19-/m1/s1. The van der Waals surface area contributed by atoms with Crippen LogP contribution in [0.15, 0.2) is 36.4 Å². The van der Waals surface area contributed by atoms with Gasteiger partial charge in [0.1, 0.15) is 10.8 Å². The molecule has 1 saturated carbocycles. The summed E-state index contributed by atoms with van der Waals surface area (Å²) in [5, 5.41) is 10.3. The SMILES string of the molecule is O=C1c2c(cc(O)c(Cl)c2Cl)[C@H]2CCCC[C@]12c1ccccc1. The number of carbonyl (C=O) groups is 1. The highest BCUT2D eigenvalue weighted by atomic mass is 35.5. The summed E-state index contributed by atoms with van der Waals surface area (Å²) in [6, 6.07) is 11.6. The van der Waals surface area contributed by atoms with Crippen molar-refractivity contribution in [1.82, 2.24) is 0 Å². The van der Waals surface area contributed by atoms with Crippen molar-refractivity contribution < 1.29 is 9.90 Å². The molecule has 0 unspecified atom stereocenters. The number of hydrogen-bond donors (Lipinski definition) is 1. The minimum atomic E-state index is -0.567. The second kappa shape index (κ2) is 5.25. The van der Waals surface area contributed by atoms with Crippen LogP contribution in [0.25, 0.3) is 0 Å². The second-order valence-electron chi connectivity index (χ2n) is 6.45. The summed E-state index contributed by atoms with van der Waals surface area (Å²) in [7, 11) is 0. The highest BCUT2D eigenvalue weighted by Gasteiger charge is 2.55. The fraction of sp³-hybridized carbons (Fsp3) is 0.316. The van der Waals surface area contributed by atoms with Gasteiger partial charge in [0.2, 0.25) is 0 Å². The van der Waals surface area contributed by atoms with E-state index in [0.717, 1.165) is 36.8 Å². The molecule has 2 aromatic rings. The number of phenolic OH excluding ortho intramolecular Hbond substituents is 1. The smallest absolute Gasteiger partial charge is 0.175 e. The Morgan fingerprint density at radius 1 is 1.09 bits per heavy atom. The molecule has 0 spiro atoms. The fourth-order valence-corrected chi connectivity index (χ4v) is 4.88. The lowest BCUT2D eigenvalue weighted by molar-refractivity contribution is 0.0845. The number of phenols is 1. The fourth-order valence-electron chi connectivity index (χ4n) is 4.44. The van der Waals surface area contributed by atoms with Gasteiger partial charge in [-0.15, -0.1) is 0 Å². The number of aromatic hydroxyl groups is 1. The molecule has 4 heteroatoms. The predicted molar refractivity (Wildman–Crippen MR) is 91.8 cm³/mol. The van der Waals surface area contributed by atoms with E-state index in [0.29, 0.717) is 5.56 Å². The van der Waals surface area contributed by atoms with Gasteiger partial charge in [-0.2, -0.15) is 0 Å². The average Bonchev–Trinajstić information content (AvgIpc) is 2.84. The third-order valence-corrected chi connectivity index (χ3v) is 6.28. The van der Waals surface area contributed by atoms with E-state index < -0.39 is 5.41 Å². The molecule has 0 aromatic heterocycles. The quantitative estimate of drug-likeness (QED) is 0.740. The topological polar surface area (TPSA) is 37.3 Å². The van der Waals surface area contributed by atoms with Crippen LogP contribution in [0.5, 0.6) is 5.75 Å². The van der Waals surface area contributed by atoms with Crippen molar-refractivity contribution in [3.8, 4) is 5.75 Å². The zero-order chi connectivity index (χ0) is 16.2. The third kappa shape index (κ3) is 1.91. The lowest BCUT2D eigenvalue weighted by atomic mass is 9.62. The van der Waals surface area contributed by atoms with E-state index in [1.807, 2.05) is 30.3 Å². The van der Waals surface area contributed by atoms with Gasteiger partial charge < -0.3 is 5.11 Å². The molecule has 0 radical (unpaired) electrons. The number of Topliss-reactive ketones (excluding diaryl/α,β-unsaturated/α-hetero) is 1. The first-order valence-corrected chi connectivity index (χ1v) is 8.64. The van der Waals surface area contributed by atoms with Gasteiger partial charge in [-0.25, -0.2) is 0 Å². The summed E-state index contributed by atoms with van der Waals surface area (Å²) in [5.41, 5.74) is 1.83. The van der Waals surface area contributed by atoms with Crippen LogP contribution in [0.4, 0.5) is 0 Å². The van der Waals surface area contributed by atoms with Crippen molar-refractivity contribution in [2.75, 3.05) is 0 Å². The number of fused-ring (bicyclic) bond motifs is 3. The van der Waals surface area contributed by atoms with E-state index in [-0.39, 0.29) is 27.5 Å². The summed E-state index contributed by atoms with van der Waals surface area (Å²) in [4.78, 5) is 13.4. The van der Waals surface area contributed by atoms with Gasteiger partial charge in [-0.3, -0.25) is 4.79 Å². The van der Waals surface area contributed by atoms with E-state index in [4.69, 9.17) is 23.2 Å². The van der Waals surface area contributed by atoms with Gasteiger partial charge in [0, 0.05) is 11.5 Å². The van der Waals surface area contributed by atoms with Crippen LogP contribution in [0.3, 0.4) is 0 Å². The molecular formula is C19H16Cl2O2. The van der Waals surface area contributed by atoms with Gasteiger partial charge in [-0.1, -0.05) is 66.4 Å². The van der Waals surface area contributed by atoms with E-state index in [1.54, 1.807) is 6.07 Å². The molecule has 0 amide bonds. The van der Waals surface area contributed by atoms with Crippen molar-refractivity contribution in [2.45, 2.75) is 37.0 Å². The second-order valence-corrected chi connectivity index (χ2v) is 7.21. The number of carbonyl (C=O) groups excluding carboxylic acids is 1. The van der Waals surface area contributed by atoms with Gasteiger partial charge in [0.05, 0.1) is 10.4 Å². The molecule has 1 N–H and O–H groups in total. The highest BCUT2D eigenvalue weighted by molar-refractivity contribution is 6.45. The number of halogens is 2. The van der Waals surface area contributed by atoms with Crippen molar-refractivity contribution in [1.29, 1.82) is 0 Å². The minimum absolute atomic E-state index is 0.0438. The Kier molecular flexibility index (Phi) is 3.44. The third-order valence-electron chi connectivity index (χ3n) is 5.42. The maximum Gasteiger partial charge on any atom is 0.175 e. The largest absolute Gasteiger partial charge is 0.506 e. The van der Waals surface area contributed by atoms with E-state index in [2.05, 4.69) is 0 Å². The van der Waals surface area contributed by atoms with Gasteiger partial charge >= 0.3 is 0 Å². The Hall–Kier alpha value is -1.51. The molecule has 2 aliphatic carbocycles. The molecule has 118 valence electrons. The molecule has 0 saturated heterocycles. The Labute approximate surface area is 145 Å². The van der Waals surface area contributed by atoms with Crippen molar-refractivity contribution >= 4 is 29.0 Å². The molecule has 2 aliphatic rings. The maximum absolute atomic E-state index is 13.4. The molecule has 0 aliphatic heterocycles. The van der Waals surface area contributed by atoms with Crippen LogP contribution in [-0.4, -0.2) is 10.9 Å². The monoisotopic (exact) mass is 346 g/mol. The van der Waals surface area contributed by atoms with Crippen molar-refractivity contribution in [2.24, 2.45) is 0 Å². The lowest BCUT2D eigenvalue weighted by Crippen LogP contribution is -2.38. The Morgan fingerprint density at radius 3 is 2.57 bits per heavy atom. The Bertz CT molecular complexity index is 801. The van der Waals surface area contributed by atoms with Crippen LogP contribution in [0.1, 0.15) is 53.1 Å². The predicted octanol–water partition coefficient (Wildman–Crippen LogP) is 5.49. The van der Waals surface area contributed by atoms with Gasteiger partial charge in [0.15, 0.2) is 5.78 Å². The first kappa shape index (κ1) is 15.0. The molecule has 2 atom stereocenters. The summed E-state index contributed by atoms with van der Waals surface area (Å²) < 4.78 is 0. The minimum Gasteiger partial charge on any atom is -0.506 e. The first-order chi connectivity index (χ1) is 11.1. The number of ketones is 1. The average molecular weight is 347 g/mol. The summed E-state index contributed by atoms with van der Waals surface area (Å²) in [5.74, 6) is 0.0646. The summed E-state index contributed by atoms with van der Waals surface area (Å²) in [6.45, 7) is 0.